The van der Waals surface area contributed by atoms with Crippen LogP contribution < -0.4 is 0 Å². The smallest absolute Gasteiger partial charge is 0.434 e. The van der Waals surface area contributed by atoms with Crippen LogP contribution in [0.25, 0.3) is 0 Å². The normalized spacial score (nSPS) is 11.4. The van der Waals surface area contributed by atoms with Crippen molar-refractivity contribution in [1.82, 2.24) is 4.90 Å². The molecule has 0 saturated carbocycles. The monoisotopic (exact) mass is 728 g/mol. The molecule has 8 nitrogen and oxygen atoms in total. The number of ether oxygens (including phenoxy) is 4. The largest absolute Gasteiger partial charge is 0.508 e. The Bertz CT molecular complexity index is 706. The average Bonchev–Trinajstić information content (AvgIpc) is 3.13. The molecule has 0 fully saturated rings. The highest BCUT2D eigenvalue weighted by molar-refractivity contribution is 5.60. The zero-order valence-electron chi connectivity index (χ0n) is 34.1. The van der Waals surface area contributed by atoms with Gasteiger partial charge in [0.25, 0.3) is 0 Å². The molecule has 0 rings (SSSR count). The van der Waals surface area contributed by atoms with Crippen molar-refractivity contribution in [2.75, 3.05) is 46.1 Å². The molecule has 0 atom stereocenters. The van der Waals surface area contributed by atoms with E-state index >= 15 is 0 Å². The lowest BCUT2D eigenvalue weighted by Crippen LogP contribution is -2.28. The zero-order chi connectivity index (χ0) is 37.3. The first-order valence-corrected chi connectivity index (χ1v) is 22.0. The third-order valence-electron chi connectivity index (χ3n) is 9.80. The molecule has 0 aliphatic heterocycles. The number of hydrogen-bond donors (Lipinski definition) is 1. The minimum absolute atomic E-state index is 0.0127. The third-order valence-corrected chi connectivity index (χ3v) is 9.80. The Labute approximate surface area is 315 Å². The van der Waals surface area contributed by atoms with E-state index in [0.29, 0.717) is 19.8 Å². The number of rotatable bonds is 40. The fourth-order valence-corrected chi connectivity index (χ4v) is 6.52. The Morgan fingerprint density at radius 1 is 0.431 bits per heavy atom. The van der Waals surface area contributed by atoms with E-state index in [0.717, 1.165) is 116 Å². The van der Waals surface area contributed by atoms with E-state index in [-0.39, 0.29) is 12.7 Å². The number of nitrogens with zero attached hydrogens (tertiary/aromatic N) is 1. The third kappa shape index (κ3) is 38.0. The van der Waals surface area contributed by atoms with Crippen LogP contribution in [0.1, 0.15) is 213 Å². The predicted octanol–water partition coefficient (Wildman–Crippen LogP) is 12.7. The lowest BCUT2D eigenvalue weighted by Gasteiger charge is -2.22. The lowest BCUT2D eigenvalue weighted by atomic mass is 10.0. The highest BCUT2D eigenvalue weighted by Crippen LogP contribution is 2.18. The summed E-state index contributed by atoms with van der Waals surface area (Å²) in [5.74, 6) is 0. The van der Waals surface area contributed by atoms with Crippen molar-refractivity contribution in [3.63, 3.8) is 0 Å². The van der Waals surface area contributed by atoms with Crippen LogP contribution in [-0.2, 0) is 18.9 Å². The van der Waals surface area contributed by atoms with Gasteiger partial charge in [0.15, 0.2) is 0 Å². The number of carbonyl (C=O) groups excluding carboxylic acids is 2. The van der Waals surface area contributed by atoms with E-state index in [1.807, 2.05) is 0 Å². The van der Waals surface area contributed by atoms with E-state index in [4.69, 9.17) is 18.9 Å². The van der Waals surface area contributed by atoms with Crippen LogP contribution in [0.15, 0.2) is 0 Å². The molecule has 0 radical (unpaired) electrons. The van der Waals surface area contributed by atoms with E-state index in [1.165, 1.54) is 96.3 Å². The highest BCUT2D eigenvalue weighted by atomic mass is 16.7. The topological polar surface area (TPSA) is 94.5 Å². The summed E-state index contributed by atoms with van der Waals surface area (Å²) in [6.45, 7) is 11.2. The predicted molar refractivity (Wildman–Crippen MR) is 213 cm³/mol. The first kappa shape index (κ1) is 49.5. The van der Waals surface area contributed by atoms with Crippen LogP contribution in [-0.4, -0.2) is 74.5 Å². The van der Waals surface area contributed by atoms with Crippen LogP contribution in [0.4, 0.5) is 9.59 Å². The van der Waals surface area contributed by atoms with E-state index in [1.54, 1.807) is 0 Å². The minimum atomic E-state index is -0.533. The van der Waals surface area contributed by atoms with Crippen molar-refractivity contribution in [2.24, 2.45) is 0 Å². The molecular weight excluding hydrogens is 642 g/mol. The number of aliphatic hydroxyl groups excluding tert-OH is 1. The second-order valence-corrected chi connectivity index (χ2v) is 14.8. The van der Waals surface area contributed by atoms with Gasteiger partial charge in [-0.15, -0.1) is 0 Å². The average molecular weight is 728 g/mol. The van der Waals surface area contributed by atoms with E-state index in [9.17, 15) is 14.7 Å². The summed E-state index contributed by atoms with van der Waals surface area (Å²) in [5, 5.41) is 9.35. The van der Waals surface area contributed by atoms with Gasteiger partial charge in [0, 0.05) is 13.2 Å². The van der Waals surface area contributed by atoms with Crippen molar-refractivity contribution in [3.05, 3.63) is 0 Å². The van der Waals surface area contributed by atoms with Gasteiger partial charge < -0.3 is 29.0 Å². The van der Waals surface area contributed by atoms with Gasteiger partial charge in [0.1, 0.15) is 6.10 Å². The second-order valence-electron chi connectivity index (χ2n) is 14.8. The van der Waals surface area contributed by atoms with Crippen LogP contribution in [0.5, 0.6) is 0 Å². The molecule has 1 N–H and O–H groups in total. The molecule has 304 valence electrons. The first-order valence-electron chi connectivity index (χ1n) is 22.0. The molecule has 0 aliphatic carbocycles. The minimum Gasteiger partial charge on any atom is -0.434 e. The molecule has 0 aromatic heterocycles. The molecule has 51 heavy (non-hydrogen) atoms. The molecule has 0 spiro atoms. The summed E-state index contributed by atoms with van der Waals surface area (Å²) in [7, 11) is 0. The number of hydrogen-bond acceptors (Lipinski definition) is 8. The number of unbranched alkanes of at least 4 members (excludes halogenated alkanes) is 22. The van der Waals surface area contributed by atoms with Crippen LogP contribution in [0, 0.1) is 0 Å². The van der Waals surface area contributed by atoms with Crippen LogP contribution in [0.3, 0.4) is 0 Å². The fourth-order valence-electron chi connectivity index (χ4n) is 6.52. The lowest BCUT2D eigenvalue weighted by molar-refractivity contribution is 0.0154. The Kier molecular flexibility index (Phi) is 40.0. The zero-order valence-corrected chi connectivity index (χ0v) is 34.1. The highest BCUT2D eigenvalue weighted by Gasteiger charge is 2.15. The van der Waals surface area contributed by atoms with Crippen molar-refractivity contribution < 1.29 is 33.6 Å². The van der Waals surface area contributed by atoms with Gasteiger partial charge in [-0.1, -0.05) is 149 Å². The van der Waals surface area contributed by atoms with E-state index < -0.39 is 12.3 Å². The molecule has 0 amide bonds. The first-order chi connectivity index (χ1) is 25.1. The summed E-state index contributed by atoms with van der Waals surface area (Å²) >= 11 is 0. The quantitative estimate of drug-likeness (QED) is 0.0492. The van der Waals surface area contributed by atoms with Gasteiger partial charge >= 0.3 is 12.3 Å². The second kappa shape index (κ2) is 41.2. The maximum absolute atomic E-state index is 12.5. The van der Waals surface area contributed by atoms with Crippen molar-refractivity contribution in [1.29, 1.82) is 0 Å². The van der Waals surface area contributed by atoms with E-state index in [2.05, 4.69) is 25.7 Å². The Morgan fingerprint density at radius 3 is 1.18 bits per heavy atom. The summed E-state index contributed by atoms with van der Waals surface area (Å²) < 4.78 is 21.7. The van der Waals surface area contributed by atoms with Gasteiger partial charge in [-0.3, -0.25) is 0 Å². The molecule has 0 aromatic carbocycles. The molecular formula is C43H85NO7. The van der Waals surface area contributed by atoms with Gasteiger partial charge in [-0.2, -0.15) is 0 Å². The van der Waals surface area contributed by atoms with Crippen molar-refractivity contribution in [2.45, 2.75) is 219 Å². The Balaban J connectivity index is 4.02. The standard InChI is InChI=1S/C43H85NO7/c1-4-7-10-13-16-21-28-38-48-42(46)49-39-29-22-19-26-34-44(36-31-37-45)35-27-20-23-30-40-50-43(47)51-41(32-24-17-14-11-8-5-2)33-25-18-15-12-9-6-3/h41,45H,4-40H2,1-3H3. The Morgan fingerprint density at radius 2 is 0.765 bits per heavy atom. The summed E-state index contributed by atoms with van der Waals surface area (Å²) in [5.41, 5.74) is 0. The molecule has 0 saturated heterocycles. The van der Waals surface area contributed by atoms with Gasteiger partial charge in [-0.05, 0) is 77.3 Å². The summed E-state index contributed by atoms with van der Waals surface area (Å²) in [6.07, 6.45) is 33.2. The van der Waals surface area contributed by atoms with Crippen LogP contribution in [0.2, 0.25) is 0 Å². The molecule has 0 aromatic rings. The molecule has 0 bridgehead atoms. The maximum Gasteiger partial charge on any atom is 0.508 e. The van der Waals surface area contributed by atoms with Gasteiger partial charge in [-0.25, -0.2) is 9.59 Å². The van der Waals surface area contributed by atoms with Crippen molar-refractivity contribution in [3.8, 4) is 0 Å². The molecule has 0 unspecified atom stereocenters. The maximum atomic E-state index is 12.5. The Hall–Kier alpha value is -1.54. The number of aliphatic hydroxyl groups is 1. The van der Waals surface area contributed by atoms with Crippen LogP contribution >= 0.6 is 0 Å². The van der Waals surface area contributed by atoms with Gasteiger partial charge in [0.2, 0.25) is 0 Å². The molecule has 8 heteroatoms. The molecule has 0 heterocycles. The van der Waals surface area contributed by atoms with Gasteiger partial charge in [0.05, 0.1) is 19.8 Å². The fraction of sp³-hybridized carbons (Fsp3) is 0.953. The number of carbonyl (C=O) groups is 2. The summed E-state index contributed by atoms with van der Waals surface area (Å²) in [4.78, 5) is 26.7. The summed E-state index contributed by atoms with van der Waals surface area (Å²) in [6, 6.07) is 0. The molecule has 0 aliphatic rings. The van der Waals surface area contributed by atoms with Crippen molar-refractivity contribution >= 4 is 12.3 Å². The SMILES string of the molecule is CCCCCCCCCOC(=O)OCCCCCCN(CCCO)CCCCCCOC(=O)OC(CCCCCCCC)CCCCCCCC.